The van der Waals surface area contributed by atoms with Crippen molar-refractivity contribution in [1.29, 1.82) is 0 Å². The molecule has 0 aromatic heterocycles. The maximum absolute atomic E-state index is 14.4. The highest BCUT2D eigenvalue weighted by atomic mass is 16.7. The first-order chi connectivity index (χ1) is 55.1. The second-order valence-corrected chi connectivity index (χ2v) is 29.7. The lowest BCUT2D eigenvalue weighted by molar-refractivity contribution is -0.239. The molecular weight excluding hydrogens is 1480 g/mol. The van der Waals surface area contributed by atoms with Crippen molar-refractivity contribution in [2.75, 3.05) is 165 Å². The highest BCUT2D eigenvalue weighted by Gasteiger charge is 2.45. The van der Waals surface area contributed by atoms with Crippen LogP contribution in [0.4, 0.5) is 0 Å². The summed E-state index contributed by atoms with van der Waals surface area (Å²) in [6.07, 6.45) is 6.26. The molecule has 32 nitrogen and oxygen atoms in total. The number of hydrogen-bond acceptors (Lipinski definition) is 24. The van der Waals surface area contributed by atoms with E-state index in [0.29, 0.717) is 91.5 Å². The summed E-state index contributed by atoms with van der Waals surface area (Å²) in [7, 11) is 0. The highest BCUT2D eigenvalue weighted by Crippen LogP contribution is 2.35. The van der Waals surface area contributed by atoms with Crippen LogP contribution in [-0.4, -0.2) is 280 Å². The van der Waals surface area contributed by atoms with Crippen molar-refractivity contribution in [3.63, 3.8) is 0 Å². The van der Waals surface area contributed by atoms with Gasteiger partial charge < -0.3 is 118 Å². The van der Waals surface area contributed by atoms with E-state index in [1.165, 1.54) is 20.8 Å². The minimum Gasteiger partial charge on any atom is -0.377 e. The van der Waals surface area contributed by atoms with E-state index in [0.717, 1.165) is 44.1 Å². The Morgan fingerprint density at radius 3 is 1.04 bits per heavy atom. The number of carbonyl (C=O) groups is 8. The SMILES string of the molecule is CC[C@H]1O[C@@H](OCCOCCOCCOCC(=O)NCCCC[C@H](NC(=O)COCCOCCOCCO[C@@H]2O[C@H](CC)[C@H](C)[C@H](C)[C@H]2NC(C)=O)C(=O)N[C@H](CCCCNC(=O)COCCOCCOCCO[C@@H]2O[C@H](CC)[C@H](C)[C@H](C)[C@H]2NC(C)=O)C(=O)NCCCCCCOCc2ccccc2)[C@H](NC(C)=O)[C@H](C)[C@H]1C. The first kappa shape index (κ1) is 101. The molecule has 0 radical (unpaired) electrons. The Morgan fingerprint density at radius 2 is 0.667 bits per heavy atom. The van der Waals surface area contributed by atoms with Gasteiger partial charge in [0, 0.05) is 47.0 Å². The molecule has 0 bridgehead atoms. The number of hydrogen-bond donors (Lipinski definition) is 8. The van der Waals surface area contributed by atoms with Crippen molar-refractivity contribution in [1.82, 2.24) is 42.5 Å². The molecule has 4 rings (SSSR count). The predicted molar refractivity (Wildman–Crippen MR) is 425 cm³/mol. The summed E-state index contributed by atoms with van der Waals surface area (Å²) in [4.78, 5) is 103. The van der Waals surface area contributed by atoms with Crippen LogP contribution in [0.25, 0.3) is 0 Å². The predicted octanol–water partition coefficient (Wildman–Crippen LogP) is 5.36. The van der Waals surface area contributed by atoms with Gasteiger partial charge in [0.1, 0.15) is 31.9 Å². The van der Waals surface area contributed by atoms with Crippen LogP contribution in [0.2, 0.25) is 0 Å². The molecule has 3 fully saturated rings. The van der Waals surface area contributed by atoms with Gasteiger partial charge in [-0.1, -0.05) is 105 Å². The van der Waals surface area contributed by atoms with Crippen molar-refractivity contribution in [3.8, 4) is 0 Å². The molecule has 0 saturated carbocycles. The summed E-state index contributed by atoms with van der Waals surface area (Å²) >= 11 is 0. The molecule has 0 spiro atoms. The molecule has 8 N–H and O–H groups in total. The lowest BCUT2D eigenvalue weighted by Gasteiger charge is -2.44. The number of ether oxygens (including phenoxy) is 16. The van der Waals surface area contributed by atoms with Gasteiger partial charge in [0.25, 0.3) is 0 Å². The molecule has 1 aromatic carbocycles. The molecule has 32 heteroatoms. The Hall–Kier alpha value is -5.66. The zero-order valence-corrected chi connectivity index (χ0v) is 70.6. The van der Waals surface area contributed by atoms with E-state index < -0.39 is 42.8 Å². The Morgan fingerprint density at radius 1 is 0.342 bits per heavy atom. The average Bonchev–Trinajstić information content (AvgIpc) is 0.820. The van der Waals surface area contributed by atoms with Gasteiger partial charge in [-0.05, 0) is 112 Å². The Kier molecular flexibility index (Phi) is 54.4. The zero-order chi connectivity index (χ0) is 83.1. The van der Waals surface area contributed by atoms with Gasteiger partial charge in [-0.2, -0.15) is 0 Å². The van der Waals surface area contributed by atoms with Gasteiger partial charge >= 0.3 is 0 Å². The van der Waals surface area contributed by atoms with Crippen LogP contribution < -0.4 is 42.5 Å². The summed E-state index contributed by atoms with van der Waals surface area (Å²) in [5.41, 5.74) is 1.11. The smallest absolute Gasteiger partial charge is 0.246 e. The van der Waals surface area contributed by atoms with Gasteiger partial charge in [0.05, 0.1) is 162 Å². The van der Waals surface area contributed by atoms with E-state index in [4.69, 9.17) is 75.8 Å². The molecule has 1 aromatic rings. The number of unbranched alkanes of at least 4 members (excludes halogenated alkanes) is 5. The van der Waals surface area contributed by atoms with E-state index in [1.54, 1.807) is 0 Å². The normalized spacial score (nSPS) is 24.1. The molecule has 17 atom stereocenters. The third-order valence-electron chi connectivity index (χ3n) is 20.9. The van der Waals surface area contributed by atoms with Crippen molar-refractivity contribution in [2.45, 2.75) is 241 Å². The summed E-state index contributed by atoms with van der Waals surface area (Å²) in [5, 5.41) is 23.4. The largest absolute Gasteiger partial charge is 0.377 e. The number of carbonyl (C=O) groups excluding carboxylic acids is 8. The van der Waals surface area contributed by atoms with Gasteiger partial charge in [0.15, 0.2) is 18.9 Å². The molecular formula is C82H144N8O24. The van der Waals surface area contributed by atoms with E-state index in [-0.39, 0.29) is 232 Å². The second-order valence-electron chi connectivity index (χ2n) is 29.7. The van der Waals surface area contributed by atoms with Crippen LogP contribution in [0, 0.1) is 35.5 Å². The Labute approximate surface area is 678 Å². The summed E-state index contributed by atoms with van der Waals surface area (Å²) in [6.45, 7) is 29.1. The van der Waals surface area contributed by atoms with E-state index in [9.17, 15) is 38.4 Å². The quantitative estimate of drug-likeness (QED) is 0.0381. The summed E-state index contributed by atoms with van der Waals surface area (Å²) < 4.78 is 93.3. The van der Waals surface area contributed by atoms with Gasteiger partial charge in [-0.15, -0.1) is 0 Å². The summed E-state index contributed by atoms with van der Waals surface area (Å²) in [6, 6.07) is 7.08. The molecule has 0 aliphatic carbocycles. The lowest BCUT2D eigenvalue weighted by atomic mass is 9.81. The fraction of sp³-hybridized carbons (Fsp3) is 0.829. The molecule has 3 aliphatic rings. The maximum atomic E-state index is 14.4. The number of nitrogens with one attached hydrogen (secondary N) is 8. The van der Waals surface area contributed by atoms with Crippen LogP contribution >= 0.6 is 0 Å². The maximum Gasteiger partial charge on any atom is 0.246 e. The minimum absolute atomic E-state index is 0.00760. The van der Waals surface area contributed by atoms with Crippen LogP contribution in [0.3, 0.4) is 0 Å². The first-order valence-corrected chi connectivity index (χ1v) is 41.9. The first-order valence-electron chi connectivity index (χ1n) is 41.9. The topological polar surface area (TPSA) is 380 Å². The molecule has 3 saturated heterocycles. The fourth-order valence-electron chi connectivity index (χ4n) is 13.8. The molecule has 114 heavy (non-hydrogen) atoms. The number of benzene rings is 1. The summed E-state index contributed by atoms with van der Waals surface area (Å²) in [5.74, 6) is -1.39. The molecule has 656 valence electrons. The minimum atomic E-state index is -1.09. The van der Waals surface area contributed by atoms with Crippen molar-refractivity contribution in [2.24, 2.45) is 35.5 Å². The third-order valence-corrected chi connectivity index (χ3v) is 20.9. The van der Waals surface area contributed by atoms with Crippen LogP contribution in [0.1, 0.15) is 172 Å². The third kappa shape index (κ3) is 42.6. The monoisotopic (exact) mass is 1630 g/mol. The van der Waals surface area contributed by atoms with E-state index in [1.807, 2.05) is 30.3 Å². The molecule has 3 heterocycles. The van der Waals surface area contributed by atoms with Crippen LogP contribution in [-0.2, 0) is 121 Å². The molecule has 8 amide bonds. The van der Waals surface area contributed by atoms with Crippen molar-refractivity contribution < 1.29 is 114 Å². The Balaban J connectivity index is 1.22. The van der Waals surface area contributed by atoms with Crippen LogP contribution in [0.5, 0.6) is 0 Å². The Bertz CT molecular complexity index is 2770. The highest BCUT2D eigenvalue weighted by molar-refractivity contribution is 5.92. The fourth-order valence-corrected chi connectivity index (χ4v) is 13.8. The van der Waals surface area contributed by atoms with E-state index >= 15 is 0 Å². The zero-order valence-electron chi connectivity index (χ0n) is 70.6. The van der Waals surface area contributed by atoms with E-state index in [2.05, 4.69) is 105 Å². The average molecular weight is 1630 g/mol. The van der Waals surface area contributed by atoms with Gasteiger partial charge in [-0.25, -0.2) is 0 Å². The number of amides is 8. The molecule has 0 unspecified atom stereocenters. The standard InChI is InChI=1S/C82H144N8O24/c1-13-69-57(4)60(7)75(86-63(10)91)80(112-69)109-50-47-102-38-35-99-41-44-106-54-72(94)83-31-24-21-29-67(78(97)85-33-23-16-17-26-34-105-53-66-27-19-18-20-28-66)90-79(98)68(89-74(96)56-108-46-43-101-37-40-104-49-52-111-82-77(88-65(12)93)62(9)59(6)71(15-3)114-82)30-22-25-32-84-73(95)55-107-45-42-100-36-39-103-48-51-110-81-76(87-64(11)92)61(8)58(5)70(14-2)113-81/h18-20,27-28,57-62,67-71,75-77,80-82H,13-17,21-26,29-56H2,1-12H3,(H,83,94)(H,84,95)(H,85,97)(H,86,91)(H,87,92)(H,88,93)(H,89,96)(H,90,98)/t57-,58-,59-,60+,61-,62+,67-,68+,69-,70-,71-,75-,76-,77-,80-,81-,82-/m1/s1. The molecule has 3 aliphatic heterocycles. The number of rotatable bonds is 65. The van der Waals surface area contributed by atoms with Gasteiger partial charge in [-0.3, -0.25) is 38.4 Å². The van der Waals surface area contributed by atoms with Gasteiger partial charge in [0.2, 0.25) is 47.3 Å². The van der Waals surface area contributed by atoms with Crippen molar-refractivity contribution in [3.05, 3.63) is 35.9 Å². The second kappa shape index (κ2) is 61.6. The van der Waals surface area contributed by atoms with Crippen molar-refractivity contribution >= 4 is 47.3 Å². The van der Waals surface area contributed by atoms with Crippen LogP contribution in [0.15, 0.2) is 30.3 Å². The lowest BCUT2D eigenvalue weighted by Crippen LogP contribution is -2.57.